The molecule has 5 nitrogen and oxygen atoms in total. The van der Waals surface area contributed by atoms with Crippen LogP contribution in [0.4, 0.5) is 13.2 Å². The molecule has 1 amide bonds. The van der Waals surface area contributed by atoms with Crippen LogP contribution in [0, 0.1) is 0 Å². The summed E-state index contributed by atoms with van der Waals surface area (Å²) in [5.74, 6) is -0.171. The maximum Gasteiger partial charge on any atom is 0.446 e. The first-order valence-corrected chi connectivity index (χ1v) is 6.55. The van der Waals surface area contributed by atoms with E-state index in [-0.39, 0.29) is 23.3 Å². The Labute approximate surface area is 124 Å². The molecule has 116 valence electrons. The van der Waals surface area contributed by atoms with Crippen LogP contribution in [0.2, 0.25) is 0 Å². The standard InChI is InChI=1S/C12H14F3N3O2S/c1-18(2)8-16-17-11(19)7-20-9-3-5-10(6-4-9)21-12(13,14)15/h3-6,8H,7H2,1-2H3,(H,17,19). The second-order valence-electron chi connectivity index (χ2n) is 4.05. The van der Waals surface area contributed by atoms with E-state index >= 15 is 0 Å². The summed E-state index contributed by atoms with van der Waals surface area (Å²) in [5, 5.41) is 3.63. The lowest BCUT2D eigenvalue weighted by molar-refractivity contribution is -0.123. The molecule has 1 N–H and O–H groups in total. The Balaban J connectivity index is 2.40. The zero-order chi connectivity index (χ0) is 15.9. The fraction of sp³-hybridized carbons (Fsp3) is 0.333. The van der Waals surface area contributed by atoms with Crippen molar-refractivity contribution in [2.24, 2.45) is 5.10 Å². The molecule has 0 fully saturated rings. The summed E-state index contributed by atoms with van der Waals surface area (Å²) in [5.41, 5.74) is -2.09. The summed E-state index contributed by atoms with van der Waals surface area (Å²) >= 11 is -0.211. The van der Waals surface area contributed by atoms with Gasteiger partial charge in [-0.2, -0.15) is 18.3 Å². The van der Waals surface area contributed by atoms with Crippen molar-refractivity contribution in [3.63, 3.8) is 0 Å². The van der Waals surface area contributed by atoms with Gasteiger partial charge < -0.3 is 9.64 Å². The van der Waals surface area contributed by atoms with Crippen molar-refractivity contribution in [2.45, 2.75) is 10.4 Å². The number of ether oxygens (including phenoxy) is 1. The summed E-state index contributed by atoms with van der Waals surface area (Å²) in [6.45, 7) is -0.281. The van der Waals surface area contributed by atoms with Gasteiger partial charge in [0.25, 0.3) is 5.91 Å². The highest BCUT2D eigenvalue weighted by atomic mass is 32.2. The Kier molecular flexibility index (Phi) is 6.35. The Morgan fingerprint density at radius 1 is 1.38 bits per heavy atom. The third-order valence-corrected chi connectivity index (χ3v) is 2.64. The van der Waals surface area contributed by atoms with E-state index in [1.807, 2.05) is 0 Å². The number of rotatable bonds is 6. The summed E-state index contributed by atoms with van der Waals surface area (Å²) in [7, 11) is 3.49. The number of carbonyl (C=O) groups excluding carboxylic acids is 1. The van der Waals surface area contributed by atoms with Crippen molar-refractivity contribution in [1.82, 2.24) is 10.3 Å². The molecule has 0 saturated heterocycles. The van der Waals surface area contributed by atoms with Crippen LogP contribution in [0.5, 0.6) is 5.75 Å². The van der Waals surface area contributed by atoms with E-state index in [0.29, 0.717) is 5.75 Å². The van der Waals surface area contributed by atoms with Gasteiger partial charge >= 0.3 is 5.51 Å². The minimum absolute atomic E-state index is 0.0508. The highest BCUT2D eigenvalue weighted by molar-refractivity contribution is 8.00. The van der Waals surface area contributed by atoms with Gasteiger partial charge in [0.1, 0.15) is 12.1 Å². The molecule has 0 saturated carbocycles. The van der Waals surface area contributed by atoms with Gasteiger partial charge in [-0.05, 0) is 36.0 Å². The van der Waals surface area contributed by atoms with E-state index in [9.17, 15) is 18.0 Å². The van der Waals surface area contributed by atoms with E-state index in [1.165, 1.54) is 30.6 Å². The number of carbonyl (C=O) groups is 1. The molecule has 0 heterocycles. The molecular formula is C12H14F3N3O2S. The van der Waals surface area contributed by atoms with Crippen molar-refractivity contribution in [2.75, 3.05) is 20.7 Å². The fourth-order valence-electron chi connectivity index (χ4n) is 1.14. The smallest absolute Gasteiger partial charge is 0.446 e. The van der Waals surface area contributed by atoms with Gasteiger partial charge in [-0.15, -0.1) is 0 Å². The van der Waals surface area contributed by atoms with Crippen molar-refractivity contribution in [3.8, 4) is 5.75 Å². The number of hydrogen-bond acceptors (Lipinski definition) is 4. The second-order valence-corrected chi connectivity index (χ2v) is 5.19. The van der Waals surface area contributed by atoms with E-state index in [0.717, 1.165) is 0 Å². The first-order valence-electron chi connectivity index (χ1n) is 5.73. The van der Waals surface area contributed by atoms with Gasteiger partial charge in [-0.3, -0.25) is 4.79 Å². The normalized spacial score (nSPS) is 11.5. The van der Waals surface area contributed by atoms with Gasteiger partial charge in [0.05, 0.1) is 0 Å². The number of benzene rings is 1. The Morgan fingerprint density at radius 3 is 2.52 bits per heavy atom. The zero-order valence-corrected chi connectivity index (χ0v) is 12.2. The third kappa shape index (κ3) is 8.08. The number of nitrogens with one attached hydrogen (secondary N) is 1. The SMILES string of the molecule is CN(C)C=NNC(=O)COc1ccc(SC(F)(F)F)cc1. The van der Waals surface area contributed by atoms with Gasteiger partial charge in [-0.1, -0.05) is 0 Å². The molecule has 21 heavy (non-hydrogen) atoms. The van der Waals surface area contributed by atoms with Crippen molar-refractivity contribution < 1.29 is 22.7 Å². The van der Waals surface area contributed by atoms with Crippen molar-refractivity contribution in [1.29, 1.82) is 0 Å². The zero-order valence-electron chi connectivity index (χ0n) is 11.3. The van der Waals surface area contributed by atoms with Crippen molar-refractivity contribution in [3.05, 3.63) is 24.3 Å². The number of amides is 1. The van der Waals surface area contributed by atoms with Crippen LogP contribution in [0.3, 0.4) is 0 Å². The number of thioether (sulfide) groups is 1. The molecule has 1 rings (SSSR count). The molecule has 0 unspecified atom stereocenters. The van der Waals surface area contributed by atoms with Crippen molar-refractivity contribution >= 4 is 24.0 Å². The van der Waals surface area contributed by atoms with E-state index in [1.54, 1.807) is 19.0 Å². The minimum Gasteiger partial charge on any atom is -0.484 e. The lowest BCUT2D eigenvalue weighted by Crippen LogP contribution is -2.25. The summed E-state index contributed by atoms with van der Waals surface area (Å²) in [6, 6.07) is 5.28. The first-order chi connectivity index (χ1) is 9.76. The summed E-state index contributed by atoms with van der Waals surface area (Å²) in [4.78, 5) is 13.0. The largest absolute Gasteiger partial charge is 0.484 e. The highest BCUT2D eigenvalue weighted by Crippen LogP contribution is 2.37. The molecule has 0 spiro atoms. The molecule has 0 aliphatic heterocycles. The Bertz CT molecular complexity index is 490. The molecule has 0 atom stereocenters. The van der Waals surface area contributed by atoms with Crippen LogP contribution in [0.25, 0.3) is 0 Å². The van der Waals surface area contributed by atoms with Gasteiger partial charge in [0, 0.05) is 19.0 Å². The van der Waals surface area contributed by atoms with Gasteiger partial charge in [0.2, 0.25) is 0 Å². The topological polar surface area (TPSA) is 53.9 Å². The predicted molar refractivity (Wildman–Crippen MR) is 74.2 cm³/mol. The molecule has 0 aliphatic rings. The maximum absolute atomic E-state index is 12.1. The van der Waals surface area contributed by atoms with Crippen LogP contribution in [-0.2, 0) is 4.79 Å². The summed E-state index contributed by atoms with van der Waals surface area (Å²) < 4.78 is 41.5. The number of nitrogens with zero attached hydrogens (tertiary/aromatic N) is 2. The second kappa shape index (κ2) is 7.77. The average Bonchev–Trinajstić information content (AvgIpc) is 2.35. The van der Waals surface area contributed by atoms with E-state index < -0.39 is 11.4 Å². The lowest BCUT2D eigenvalue weighted by Gasteiger charge is -2.08. The van der Waals surface area contributed by atoms with Crippen LogP contribution < -0.4 is 10.2 Å². The highest BCUT2D eigenvalue weighted by Gasteiger charge is 2.29. The molecule has 0 radical (unpaired) electrons. The average molecular weight is 321 g/mol. The molecule has 1 aromatic rings. The molecule has 0 aromatic heterocycles. The molecule has 0 bridgehead atoms. The maximum atomic E-state index is 12.1. The minimum atomic E-state index is -4.33. The molecule has 0 aliphatic carbocycles. The van der Waals surface area contributed by atoms with Crippen LogP contribution in [-0.4, -0.2) is 43.4 Å². The monoisotopic (exact) mass is 321 g/mol. The number of hydrogen-bond donors (Lipinski definition) is 1. The molecule has 9 heteroatoms. The number of halogens is 3. The Morgan fingerprint density at radius 2 is 2.00 bits per heavy atom. The van der Waals surface area contributed by atoms with Gasteiger partial charge in [0.15, 0.2) is 6.61 Å². The quantitative estimate of drug-likeness (QED) is 0.378. The predicted octanol–water partition coefficient (Wildman–Crippen LogP) is 2.30. The fourth-order valence-corrected chi connectivity index (χ4v) is 1.67. The van der Waals surface area contributed by atoms with Crippen LogP contribution in [0.15, 0.2) is 34.3 Å². The van der Waals surface area contributed by atoms with Crippen LogP contribution >= 0.6 is 11.8 Å². The Hall–Kier alpha value is -1.90. The third-order valence-electron chi connectivity index (χ3n) is 1.91. The number of alkyl halides is 3. The van der Waals surface area contributed by atoms with E-state index in [4.69, 9.17) is 4.74 Å². The van der Waals surface area contributed by atoms with E-state index in [2.05, 4.69) is 10.5 Å². The first kappa shape index (κ1) is 17.2. The molecule has 1 aromatic carbocycles. The van der Waals surface area contributed by atoms with Gasteiger partial charge in [-0.25, -0.2) is 5.43 Å². The lowest BCUT2D eigenvalue weighted by atomic mass is 10.3. The van der Waals surface area contributed by atoms with Crippen LogP contribution in [0.1, 0.15) is 0 Å². The molecular weight excluding hydrogens is 307 g/mol. The number of hydrazone groups is 1. The summed E-state index contributed by atoms with van der Waals surface area (Å²) in [6.07, 6.45) is 1.40.